The Morgan fingerprint density at radius 1 is 1.00 bits per heavy atom. The molecule has 13 heavy (non-hydrogen) atoms. The zero-order valence-corrected chi connectivity index (χ0v) is 10.3. The van der Waals surface area contributed by atoms with Gasteiger partial charge in [-0.25, -0.2) is 0 Å². The van der Waals surface area contributed by atoms with Crippen molar-refractivity contribution >= 4 is 22.9 Å². The molecule has 7 heteroatoms. The molecule has 0 atom stereocenters. The maximum atomic E-state index is 12.4. The monoisotopic (exact) mass is 282 g/mol. The Labute approximate surface area is 82.2 Å². The van der Waals surface area contributed by atoms with Crippen molar-refractivity contribution in [3.63, 3.8) is 0 Å². The average molecular weight is 282 g/mol. The fraction of sp³-hybridized carbons (Fsp3) is 1.00. The van der Waals surface area contributed by atoms with Crippen molar-refractivity contribution in [2.75, 3.05) is 27.4 Å². The number of ether oxygens (including phenoxy) is 2. The topological polar surface area (TPSA) is 18.5 Å². The van der Waals surface area contributed by atoms with E-state index < -0.39 is 22.9 Å². The minimum atomic E-state index is -4.82. The van der Waals surface area contributed by atoms with Crippen molar-refractivity contribution in [2.24, 2.45) is 0 Å². The molecule has 0 radical (unpaired) electrons. The second-order valence-corrected chi connectivity index (χ2v) is 12.2. The molecule has 0 N–H and O–H groups in total. The first-order valence-electron chi connectivity index (χ1n) is 3.67. The van der Waals surface area contributed by atoms with E-state index >= 15 is 0 Å². The summed E-state index contributed by atoms with van der Waals surface area (Å²) in [7, 11) is -1.97. The predicted octanol–water partition coefficient (Wildman–Crippen LogP) is 2.73. The molecular formula is C6H14AsF3O2S. The molecule has 0 spiro atoms. The Bertz CT molecular complexity index is 126. The van der Waals surface area contributed by atoms with Crippen molar-refractivity contribution < 1.29 is 21.1 Å². The number of hydrogen-bond donors (Lipinski definition) is 0. The van der Waals surface area contributed by atoms with Crippen LogP contribution in [0.1, 0.15) is 0 Å². The second-order valence-electron chi connectivity index (χ2n) is 2.30. The van der Waals surface area contributed by atoms with Crippen LogP contribution >= 0.6 is 9.45 Å². The summed E-state index contributed by atoms with van der Waals surface area (Å²) in [5.74, 6) is 0. The molecule has 82 valence electrons. The van der Waals surface area contributed by atoms with Gasteiger partial charge in [0.05, 0.1) is 0 Å². The number of methoxy groups -OCH3 is 2. The molecule has 0 rings (SSSR count). The van der Waals surface area contributed by atoms with Crippen molar-refractivity contribution in [1.82, 2.24) is 0 Å². The molecular weight excluding hydrogens is 268 g/mol. The first-order valence-corrected chi connectivity index (χ1v) is 9.91. The Morgan fingerprint density at radius 3 is 1.62 bits per heavy atom. The number of halogens is 3. The van der Waals surface area contributed by atoms with Crippen molar-refractivity contribution in [3.05, 3.63) is 0 Å². The zero-order chi connectivity index (χ0) is 10.3. The quantitative estimate of drug-likeness (QED) is 0.668. The Kier molecular flexibility index (Phi) is 7.31. The van der Waals surface area contributed by atoms with Crippen LogP contribution in [0, 0.1) is 0 Å². The van der Waals surface area contributed by atoms with E-state index in [2.05, 4.69) is 9.47 Å². The summed E-state index contributed by atoms with van der Waals surface area (Å²) in [5.41, 5.74) is 0. The third kappa shape index (κ3) is 6.66. The molecule has 0 aromatic heterocycles. The van der Waals surface area contributed by atoms with Gasteiger partial charge in [0.25, 0.3) is 0 Å². The van der Waals surface area contributed by atoms with Gasteiger partial charge in [0.15, 0.2) is 0 Å². The first-order chi connectivity index (χ1) is 6.02. The Morgan fingerprint density at radius 2 is 1.38 bits per heavy atom. The van der Waals surface area contributed by atoms with E-state index in [1.807, 2.05) is 0 Å². The van der Waals surface area contributed by atoms with E-state index in [0.717, 1.165) is 0 Å². The molecule has 0 aliphatic heterocycles. The van der Waals surface area contributed by atoms with Crippen LogP contribution in [0.4, 0.5) is 11.7 Å². The molecule has 0 aromatic carbocycles. The van der Waals surface area contributed by atoms with Crippen LogP contribution in [0.15, 0.2) is 0 Å². The van der Waals surface area contributed by atoms with Crippen LogP contribution < -0.4 is 0 Å². The summed E-state index contributed by atoms with van der Waals surface area (Å²) in [5, 5.41) is 0.372. The van der Waals surface area contributed by atoms with E-state index in [4.69, 9.17) is 0 Å². The molecule has 0 aliphatic carbocycles. The van der Waals surface area contributed by atoms with Gasteiger partial charge in [-0.05, 0) is 0 Å². The Hall–Kier alpha value is 0.618. The summed E-state index contributed by atoms with van der Waals surface area (Å²) in [4.78, 5) is 0. The first kappa shape index (κ1) is 13.6. The van der Waals surface area contributed by atoms with Crippen LogP contribution in [0.3, 0.4) is 0 Å². The van der Waals surface area contributed by atoms with E-state index in [0.29, 0.717) is 0 Å². The fourth-order valence-corrected chi connectivity index (χ4v) is 6.59. The van der Waals surface area contributed by atoms with Gasteiger partial charge in [-0.2, -0.15) is 0 Å². The third-order valence-electron chi connectivity index (χ3n) is 1.38. The molecule has 0 aromatic rings. The number of hydrogen-bond acceptors (Lipinski definition) is 2. The third-order valence-corrected chi connectivity index (χ3v) is 10.4. The van der Waals surface area contributed by atoms with E-state index in [1.165, 1.54) is 14.2 Å². The zero-order valence-electron chi connectivity index (χ0n) is 7.63. The molecule has 0 saturated carbocycles. The molecule has 0 saturated heterocycles. The SMILES string of the molecule is COCC[As](CCOC)S(F)(F)F. The van der Waals surface area contributed by atoms with Gasteiger partial charge in [-0.15, -0.1) is 0 Å². The fourth-order valence-electron chi connectivity index (χ4n) is 0.705. The molecule has 0 aliphatic rings. The molecule has 2 nitrogen and oxygen atoms in total. The number of rotatable bonds is 7. The van der Waals surface area contributed by atoms with Crippen LogP contribution in [0.25, 0.3) is 0 Å². The van der Waals surface area contributed by atoms with Gasteiger partial charge in [0.2, 0.25) is 0 Å². The van der Waals surface area contributed by atoms with Crippen LogP contribution in [0.2, 0.25) is 10.4 Å². The summed E-state index contributed by atoms with van der Waals surface area (Å²) < 4.78 is 46.5. The Balaban J connectivity index is 3.88. The normalized spacial score (nSPS) is 13.7. The van der Waals surface area contributed by atoms with Gasteiger partial charge in [0, 0.05) is 0 Å². The van der Waals surface area contributed by atoms with Gasteiger partial charge in [-0.3, -0.25) is 0 Å². The van der Waals surface area contributed by atoms with Crippen molar-refractivity contribution in [1.29, 1.82) is 0 Å². The van der Waals surface area contributed by atoms with Gasteiger partial charge in [0.1, 0.15) is 0 Å². The second kappa shape index (κ2) is 6.98. The molecule has 0 bridgehead atoms. The summed E-state index contributed by atoms with van der Waals surface area (Å²) in [6.45, 7) is 0.437. The van der Waals surface area contributed by atoms with Crippen LogP contribution in [-0.2, 0) is 9.47 Å². The molecule has 0 amide bonds. The average Bonchev–Trinajstić information content (AvgIpc) is 2.02. The van der Waals surface area contributed by atoms with E-state index in [1.54, 1.807) is 0 Å². The summed E-state index contributed by atoms with van der Waals surface area (Å²) in [6, 6.07) is 0. The van der Waals surface area contributed by atoms with Gasteiger partial charge >= 0.3 is 81.9 Å². The van der Waals surface area contributed by atoms with Gasteiger partial charge < -0.3 is 0 Å². The summed E-state index contributed by atoms with van der Waals surface area (Å²) in [6.07, 6.45) is 0. The molecule has 0 unspecified atom stereocenters. The van der Waals surface area contributed by atoms with Crippen LogP contribution in [-0.4, -0.2) is 40.9 Å². The van der Waals surface area contributed by atoms with E-state index in [-0.39, 0.29) is 23.6 Å². The van der Waals surface area contributed by atoms with Crippen molar-refractivity contribution in [3.8, 4) is 0 Å². The van der Waals surface area contributed by atoms with Crippen LogP contribution in [0.5, 0.6) is 0 Å². The maximum absolute atomic E-state index is 12.4. The van der Waals surface area contributed by atoms with E-state index in [9.17, 15) is 11.7 Å². The van der Waals surface area contributed by atoms with Crippen molar-refractivity contribution in [2.45, 2.75) is 10.4 Å². The molecule has 0 fully saturated rings. The minimum absolute atomic E-state index is 0.186. The van der Waals surface area contributed by atoms with Gasteiger partial charge in [-0.1, -0.05) is 0 Å². The predicted molar refractivity (Wildman–Crippen MR) is 50.0 cm³/mol. The summed E-state index contributed by atoms with van der Waals surface area (Å²) >= 11 is -2.69. The standard InChI is InChI=1S/C6H14AsF3O2S/c1-11-5-3-7(4-6-12-2)13(8,9)10/h3-6H2,1-2H3. The molecule has 0 heterocycles.